The molecule has 2 aromatic carbocycles. The van der Waals surface area contributed by atoms with E-state index < -0.39 is 12.1 Å². The van der Waals surface area contributed by atoms with Crippen LogP contribution in [0.25, 0.3) is 0 Å². The minimum atomic E-state index is -0.905. The van der Waals surface area contributed by atoms with Gasteiger partial charge in [-0.1, -0.05) is 30.3 Å². The zero-order valence-corrected chi connectivity index (χ0v) is 13.9. The summed E-state index contributed by atoms with van der Waals surface area (Å²) in [5.74, 6) is -1.07. The van der Waals surface area contributed by atoms with Crippen molar-refractivity contribution in [3.63, 3.8) is 0 Å². The average Bonchev–Trinajstić information content (AvgIpc) is 2.63. The third-order valence-corrected chi connectivity index (χ3v) is 4.93. The van der Waals surface area contributed by atoms with E-state index >= 15 is 0 Å². The van der Waals surface area contributed by atoms with Crippen molar-refractivity contribution in [2.75, 3.05) is 13.1 Å². The van der Waals surface area contributed by atoms with Gasteiger partial charge in [0, 0.05) is 6.54 Å². The molecule has 4 nitrogen and oxygen atoms in total. The Labute approximate surface area is 146 Å². The molecule has 0 amide bonds. The lowest BCUT2D eigenvalue weighted by Gasteiger charge is -2.34. The number of aliphatic hydroxyl groups excluding tert-OH is 1. The van der Waals surface area contributed by atoms with Gasteiger partial charge in [0.25, 0.3) is 0 Å². The number of aromatic carboxylic acids is 1. The average molecular weight is 343 g/mol. The van der Waals surface area contributed by atoms with E-state index in [2.05, 4.69) is 4.90 Å². The Hall–Kier alpha value is -2.24. The summed E-state index contributed by atoms with van der Waals surface area (Å²) < 4.78 is 13.0. The van der Waals surface area contributed by atoms with Gasteiger partial charge >= 0.3 is 5.97 Å². The number of nitrogens with zero attached hydrogens (tertiary/aromatic N) is 1. The molecule has 0 bridgehead atoms. The van der Waals surface area contributed by atoms with Crippen LogP contribution in [0.2, 0.25) is 0 Å². The number of carboxylic acid groups (broad SMARTS) is 1. The van der Waals surface area contributed by atoms with E-state index in [-0.39, 0.29) is 11.7 Å². The standard InChI is InChI=1S/C20H22FNO3/c21-17-7-5-14(6-8-17)19(23)15-9-11-22(12-10-15)13-16-3-1-2-4-18(16)20(24)25/h1-8,15,19,23H,9-13H2,(H,24,25). The molecule has 2 N–H and O–H groups in total. The normalized spacial score (nSPS) is 17.4. The van der Waals surface area contributed by atoms with Crippen molar-refractivity contribution in [1.82, 2.24) is 4.90 Å². The lowest BCUT2D eigenvalue weighted by molar-refractivity contribution is 0.0563. The molecule has 5 heteroatoms. The molecule has 0 aromatic heterocycles. The number of benzene rings is 2. The van der Waals surface area contributed by atoms with Gasteiger partial charge in [0.1, 0.15) is 5.82 Å². The molecule has 1 fully saturated rings. The lowest BCUT2D eigenvalue weighted by atomic mass is 9.87. The Kier molecular flexibility index (Phi) is 5.46. The summed E-state index contributed by atoms with van der Waals surface area (Å²) in [6.45, 7) is 2.20. The molecule has 0 saturated carbocycles. The minimum absolute atomic E-state index is 0.136. The van der Waals surface area contributed by atoms with Crippen LogP contribution >= 0.6 is 0 Å². The summed E-state index contributed by atoms with van der Waals surface area (Å²) >= 11 is 0. The van der Waals surface area contributed by atoms with Crippen LogP contribution in [-0.2, 0) is 6.54 Å². The monoisotopic (exact) mass is 343 g/mol. The number of piperidine rings is 1. The number of aliphatic hydroxyl groups is 1. The lowest BCUT2D eigenvalue weighted by Crippen LogP contribution is -2.35. The van der Waals surface area contributed by atoms with Crippen molar-refractivity contribution >= 4 is 5.97 Å². The van der Waals surface area contributed by atoms with E-state index in [1.165, 1.54) is 12.1 Å². The first kappa shape index (κ1) is 17.6. The van der Waals surface area contributed by atoms with Gasteiger partial charge in [-0.2, -0.15) is 0 Å². The Morgan fingerprint density at radius 2 is 1.76 bits per heavy atom. The van der Waals surface area contributed by atoms with Crippen molar-refractivity contribution in [2.24, 2.45) is 5.92 Å². The van der Waals surface area contributed by atoms with Crippen molar-refractivity contribution in [3.05, 3.63) is 71.0 Å². The molecule has 0 spiro atoms. The number of hydrogen-bond acceptors (Lipinski definition) is 3. The smallest absolute Gasteiger partial charge is 0.336 e. The van der Waals surface area contributed by atoms with Gasteiger partial charge in [-0.3, -0.25) is 4.90 Å². The summed E-state index contributed by atoms with van der Waals surface area (Å²) in [6.07, 6.45) is 1.07. The van der Waals surface area contributed by atoms with Gasteiger partial charge in [-0.05, 0) is 61.2 Å². The van der Waals surface area contributed by atoms with Crippen molar-refractivity contribution in [2.45, 2.75) is 25.5 Å². The fraction of sp³-hybridized carbons (Fsp3) is 0.350. The molecule has 0 radical (unpaired) electrons. The molecular weight excluding hydrogens is 321 g/mol. The Morgan fingerprint density at radius 1 is 1.12 bits per heavy atom. The summed E-state index contributed by atoms with van der Waals surface area (Å²) in [5.41, 5.74) is 1.90. The van der Waals surface area contributed by atoms with Crippen LogP contribution in [0, 0.1) is 11.7 Å². The highest BCUT2D eigenvalue weighted by Crippen LogP contribution is 2.31. The number of hydrogen-bond donors (Lipinski definition) is 2. The predicted octanol–water partition coefficient (Wildman–Crippen LogP) is 3.47. The quantitative estimate of drug-likeness (QED) is 0.873. The first-order chi connectivity index (χ1) is 12.0. The van der Waals surface area contributed by atoms with Gasteiger partial charge < -0.3 is 10.2 Å². The number of rotatable bonds is 5. The van der Waals surface area contributed by atoms with E-state index in [0.717, 1.165) is 37.1 Å². The van der Waals surface area contributed by atoms with Crippen LogP contribution in [-0.4, -0.2) is 34.2 Å². The third-order valence-electron chi connectivity index (χ3n) is 4.93. The minimum Gasteiger partial charge on any atom is -0.478 e. The van der Waals surface area contributed by atoms with Crippen molar-refractivity contribution in [1.29, 1.82) is 0 Å². The zero-order chi connectivity index (χ0) is 17.8. The Balaban J connectivity index is 1.59. The second kappa shape index (κ2) is 7.76. The summed E-state index contributed by atoms with van der Waals surface area (Å²) in [7, 11) is 0. The van der Waals surface area contributed by atoms with Crippen LogP contribution in [0.5, 0.6) is 0 Å². The fourth-order valence-electron chi connectivity index (χ4n) is 3.47. The molecule has 2 aromatic rings. The molecule has 1 aliphatic heterocycles. The summed E-state index contributed by atoms with van der Waals surface area (Å²) in [5, 5.41) is 19.8. The maximum Gasteiger partial charge on any atom is 0.336 e. The van der Waals surface area contributed by atoms with E-state index in [1.807, 2.05) is 12.1 Å². The second-order valence-electron chi connectivity index (χ2n) is 6.57. The van der Waals surface area contributed by atoms with Gasteiger partial charge in [-0.15, -0.1) is 0 Å². The molecule has 0 aliphatic carbocycles. The van der Waals surface area contributed by atoms with Gasteiger partial charge in [0.15, 0.2) is 0 Å². The third kappa shape index (κ3) is 4.24. The largest absolute Gasteiger partial charge is 0.478 e. The first-order valence-electron chi connectivity index (χ1n) is 8.51. The van der Waals surface area contributed by atoms with Crippen LogP contribution in [0.4, 0.5) is 4.39 Å². The molecule has 3 rings (SSSR count). The number of likely N-dealkylation sites (tertiary alicyclic amines) is 1. The number of carbonyl (C=O) groups is 1. The summed E-state index contributed by atoms with van der Waals surface area (Å²) in [6, 6.07) is 13.1. The second-order valence-corrected chi connectivity index (χ2v) is 6.57. The summed E-state index contributed by atoms with van der Waals surface area (Å²) in [4.78, 5) is 13.5. The predicted molar refractivity (Wildman–Crippen MR) is 92.8 cm³/mol. The molecule has 25 heavy (non-hydrogen) atoms. The fourth-order valence-corrected chi connectivity index (χ4v) is 3.47. The maximum absolute atomic E-state index is 13.0. The van der Waals surface area contributed by atoms with Gasteiger partial charge in [0.2, 0.25) is 0 Å². The van der Waals surface area contributed by atoms with Crippen molar-refractivity contribution < 1.29 is 19.4 Å². The van der Waals surface area contributed by atoms with Gasteiger partial charge in [-0.25, -0.2) is 9.18 Å². The van der Waals surface area contributed by atoms with Crippen LogP contribution < -0.4 is 0 Å². The molecule has 1 aliphatic rings. The van der Waals surface area contributed by atoms with E-state index in [1.54, 1.807) is 24.3 Å². The van der Waals surface area contributed by atoms with E-state index in [4.69, 9.17) is 0 Å². The topological polar surface area (TPSA) is 60.8 Å². The Morgan fingerprint density at radius 3 is 2.40 bits per heavy atom. The van der Waals surface area contributed by atoms with E-state index in [9.17, 15) is 19.4 Å². The molecular formula is C20H22FNO3. The first-order valence-corrected chi connectivity index (χ1v) is 8.51. The SMILES string of the molecule is O=C(O)c1ccccc1CN1CCC(C(O)c2ccc(F)cc2)CC1. The maximum atomic E-state index is 13.0. The Bertz CT molecular complexity index is 724. The van der Waals surface area contributed by atoms with Crippen LogP contribution in [0.15, 0.2) is 48.5 Å². The highest BCUT2D eigenvalue weighted by atomic mass is 19.1. The van der Waals surface area contributed by atoms with Gasteiger partial charge in [0.05, 0.1) is 11.7 Å². The van der Waals surface area contributed by atoms with Crippen LogP contribution in [0.1, 0.15) is 40.4 Å². The number of carboxylic acids is 1. The van der Waals surface area contributed by atoms with Crippen LogP contribution in [0.3, 0.4) is 0 Å². The molecule has 1 heterocycles. The highest BCUT2D eigenvalue weighted by Gasteiger charge is 2.26. The van der Waals surface area contributed by atoms with Crippen molar-refractivity contribution in [3.8, 4) is 0 Å². The molecule has 1 saturated heterocycles. The molecule has 1 unspecified atom stereocenters. The molecule has 132 valence electrons. The number of halogens is 1. The zero-order valence-electron chi connectivity index (χ0n) is 13.9. The van der Waals surface area contributed by atoms with E-state index in [0.29, 0.717) is 12.1 Å². The highest BCUT2D eigenvalue weighted by molar-refractivity contribution is 5.89. The molecule has 1 atom stereocenters.